The summed E-state index contributed by atoms with van der Waals surface area (Å²) in [6.45, 7) is 2.77. The molecule has 0 spiro atoms. The van der Waals surface area contributed by atoms with E-state index >= 15 is 0 Å². The van der Waals surface area contributed by atoms with Gasteiger partial charge in [0.05, 0.1) is 6.54 Å². The zero-order valence-corrected chi connectivity index (χ0v) is 7.64. The fourth-order valence-electron chi connectivity index (χ4n) is 1.57. The SMILES string of the molecule is CC1=NC(N)CN1c1ccccc1. The van der Waals surface area contributed by atoms with Crippen molar-refractivity contribution in [2.45, 2.75) is 13.1 Å². The number of rotatable bonds is 1. The standard InChI is InChI=1S/C10H13N3/c1-8-12-10(11)7-13(8)9-5-3-2-4-6-9/h2-6,10H,7,11H2,1H3. The van der Waals surface area contributed by atoms with Crippen molar-refractivity contribution in [1.29, 1.82) is 0 Å². The van der Waals surface area contributed by atoms with Crippen molar-refractivity contribution in [2.24, 2.45) is 10.7 Å². The molecule has 1 aliphatic heterocycles. The van der Waals surface area contributed by atoms with Crippen LogP contribution in [0.1, 0.15) is 6.92 Å². The van der Waals surface area contributed by atoms with Gasteiger partial charge in [-0.2, -0.15) is 0 Å². The van der Waals surface area contributed by atoms with Crippen molar-refractivity contribution in [3.8, 4) is 0 Å². The molecular weight excluding hydrogens is 162 g/mol. The van der Waals surface area contributed by atoms with Gasteiger partial charge < -0.3 is 10.6 Å². The third-order valence-corrected chi connectivity index (χ3v) is 2.18. The minimum absolute atomic E-state index is 0.0693. The van der Waals surface area contributed by atoms with Gasteiger partial charge in [-0.1, -0.05) is 18.2 Å². The molecule has 1 aromatic rings. The van der Waals surface area contributed by atoms with Gasteiger partial charge >= 0.3 is 0 Å². The second-order valence-electron chi connectivity index (χ2n) is 3.19. The van der Waals surface area contributed by atoms with Gasteiger partial charge in [0, 0.05) is 5.69 Å². The minimum Gasteiger partial charge on any atom is -0.327 e. The summed E-state index contributed by atoms with van der Waals surface area (Å²) in [4.78, 5) is 6.40. The Kier molecular flexibility index (Phi) is 2.02. The second-order valence-corrected chi connectivity index (χ2v) is 3.19. The fourth-order valence-corrected chi connectivity index (χ4v) is 1.57. The molecule has 0 aliphatic carbocycles. The lowest BCUT2D eigenvalue weighted by Crippen LogP contribution is -2.30. The number of anilines is 1. The first-order valence-corrected chi connectivity index (χ1v) is 4.40. The number of aliphatic imine (C=N–C) groups is 1. The molecule has 0 saturated heterocycles. The van der Waals surface area contributed by atoms with E-state index in [0.29, 0.717) is 0 Å². The lowest BCUT2D eigenvalue weighted by atomic mass is 10.3. The normalized spacial score (nSPS) is 21.8. The number of benzene rings is 1. The van der Waals surface area contributed by atoms with Crippen molar-refractivity contribution in [1.82, 2.24) is 0 Å². The van der Waals surface area contributed by atoms with Crippen LogP contribution in [0.15, 0.2) is 35.3 Å². The van der Waals surface area contributed by atoms with E-state index in [1.165, 1.54) is 0 Å². The van der Waals surface area contributed by atoms with E-state index in [9.17, 15) is 0 Å². The summed E-state index contributed by atoms with van der Waals surface area (Å²) < 4.78 is 0. The summed E-state index contributed by atoms with van der Waals surface area (Å²) >= 11 is 0. The highest BCUT2D eigenvalue weighted by Crippen LogP contribution is 2.17. The highest BCUT2D eigenvalue weighted by atomic mass is 15.3. The van der Waals surface area contributed by atoms with Gasteiger partial charge in [0.1, 0.15) is 12.0 Å². The van der Waals surface area contributed by atoms with Crippen LogP contribution in [-0.2, 0) is 0 Å². The Balaban J connectivity index is 2.25. The Morgan fingerprint density at radius 1 is 1.38 bits per heavy atom. The van der Waals surface area contributed by atoms with Crippen LogP contribution in [0.4, 0.5) is 5.69 Å². The average molecular weight is 175 g/mol. The van der Waals surface area contributed by atoms with Gasteiger partial charge in [-0.25, -0.2) is 0 Å². The largest absolute Gasteiger partial charge is 0.327 e. The Morgan fingerprint density at radius 3 is 2.62 bits per heavy atom. The summed E-state index contributed by atoms with van der Waals surface area (Å²) in [5, 5.41) is 0. The van der Waals surface area contributed by atoms with Crippen LogP contribution in [0, 0.1) is 0 Å². The molecule has 3 heteroatoms. The average Bonchev–Trinajstić information content (AvgIpc) is 2.47. The minimum atomic E-state index is -0.0693. The Hall–Kier alpha value is -1.35. The number of nitrogens with two attached hydrogens (primary N) is 1. The molecule has 1 heterocycles. The van der Waals surface area contributed by atoms with Gasteiger partial charge in [0.2, 0.25) is 0 Å². The first-order valence-electron chi connectivity index (χ1n) is 4.40. The van der Waals surface area contributed by atoms with Crippen LogP contribution in [0.25, 0.3) is 0 Å². The first kappa shape index (κ1) is 8.26. The van der Waals surface area contributed by atoms with E-state index in [0.717, 1.165) is 18.1 Å². The number of hydrogen-bond donors (Lipinski definition) is 1. The Bertz CT molecular complexity index is 318. The molecule has 1 aromatic carbocycles. The second kappa shape index (κ2) is 3.18. The maximum atomic E-state index is 5.72. The molecule has 0 bridgehead atoms. The first-order chi connectivity index (χ1) is 6.27. The Morgan fingerprint density at radius 2 is 2.08 bits per heavy atom. The van der Waals surface area contributed by atoms with Crippen molar-refractivity contribution in [2.75, 3.05) is 11.4 Å². The van der Waals surface area contributed by atoms with Crippen LogP contribution >= 0.6 is 0 Å². The van der Waals surface area contributed by atoms with Crippen LogP contribution in [0.5, 0.6) is 0 Å². The van der Waals surface area contributed by atoms with Crippen LogP contribution in [0.2, 0.25) is 0 Å². The molecule has 1 unspecified atom stereocenters. The quantitative estimate of drug-likeness (QED) is 0.697. The van der Waals surface area contributed by atoms with Crippen LogP contribution in [-0.4, -0.2) is 18.5 Å². The summed E-state index contributed by atoms with van der Waals surface area (Å²) in [6.07, 6.45) is -0.0693. The lowest BCUT2D eigenvalue weighted by Gasteiger charge is -2.18. The summed E-state index contributed by atoms with van der Waals surface area (Å²) in [7, 11) is 0. The van der Waals surface area contributed by atoms with Crippen molar-refractivity contribution >= 4 is 11.5 Å². The van der Waals surface area contributed by atoms with E-state index in [1.54, 1.807) is 0 Å². The van der Waals surface area contributed by atoms with Gasteiger partial charge in [-0.05, 0) is 19.1 Å². The van der Waals surface area contributed by atoms with Gasteiger partial charge in [-0.3, -0.25) is 4.99 Å². The monoisotopic (exact) mass is 175 g/mol. The van der Waals surface area contributed by atoms with Crippen molar-refractivity contribution in [3.05, 3.63) is 30.3 Å². The maximum Gasteiger partial charge on any atom is 0.117 e. The number of nitrogens with zero attached hydrogens (tertiary/aromatic N) is 2. The molecule has 0 fully saturated rings. The van der Waals surface area contributed by atoms with Crippen LogP contribution in [0.3, 0.4) is 0 Å². The topological polar surface area (TPSA) is 41.6 Å². The van der Waals surface area contributed by atoms with E-state index < -0.39 is 0 Å². The third-order valence-electron chi connectivity index (χ3n) is 2.18. The lowest BCUT2D eigenvalue weighted by molar-refractivity contribution is 0.758. The third kappa shape index (κ3) is 1.55. The molecule has 2 rings (SSSR count). The molecular formula is C10H13N3. The molecule has 0 amide bonds. The molecule has 1 aliphatic rings. The summed E-state index contributed by atoms with van der Waals surface area (Å²) in [6, 6.07) is 10.2. The Labute approximate surface area is 77.9 Å². The number of hydrogen-bond acceptors (Lipinski definition) is 3. The zero-order chi connectivity index (χ0) is 9.26. The zero-order valence-electron chi connectivity index (χ0n) is 7.64. The molecule has 0 aromatic heterocycles. The van der Waals surface area contributed by atoms with Gasteiger partial charge in [0.15, 0.2) is 0 Å². The van der Waals surface area contributed by atoms with Gasteiger partial charge in [0.25, 0.3) is 0 Å². The predicted molar refractivity (Wildman–Crippen MR) is 54.9 cm³/mol. The molecule has 68 valence electrons. The highest BCUT2D eigenvalue weighted by Gasteiger charge is 2.19. The number of para-hydroxylation sites is 1. The highest BCUT2D eigenvalue weighted by molar-refractivity contribution is 5.97. The van der Waals surface area contributed by atoms with Crippen molar-refractivity contribution in [3.63, 3.8) is 0 Å². The number of amidine groups is 1. The molecule has 1 atom stereocenters. The molecule has 3 nitrogen and oxygen atoms in total. The predicted octanol–water partition coefficient (Wildman–Crippen LogP) is 1.21. The molecule has 13 heavy (non-hydrogen) atoms. The van der Waals surface area contributed by atoms with E-state index in [1.807, 2.05) is 25.1 Å². The summed E-state index contributed by atoms with van der Waals surface area (Å²) in [5.41, 5.74) is 6.89. The smallest absolute Gasteiger partial charge is 0.117 e. The molecule has 0 saturated carbocycles. The van der Waals surface area contributed by atoms with Gasteiger partial charge in [-0.15, -0.1) is 0 Å². The molecule has 2 N–H and O–H groups in total. The van der Waals surface area contributed by atoms with E-state index in [-0.39, 0.29) is 6.17 Å². The van der Waals surface area contributed by atoms with Crippen LogP contribution < -0.4 is 10.6 Å². The van der Waals surface area contributed by atoms with E-state index in [4.69, 9.17) is 5.73 Å². The summed E-state index contributed by atoms with van der Waals surface area (Å²) in [5.74, 6) is 0.999. The molecule has 0 radical (unpaired) electrons. The maximum absolute atomic E-state index is 5.72. The fraction of sp³-hybridized carbons (Fsp3) is 0.300. The van der Waals surface area contributed by atoms with Crippen molar-refractivity contribution < 1.29 is 0 Å². The van der Waals surface area contributed by atoms with E-state index in [2.05, 4.69) is 22.0 Å².